The van der Waals surface area contributed by atoms with Gasteiger partial charge in [0.2, 0.25) is 5.91 Å². The molecule has 0 radical (unpaired) electrons. The minimum Gasteiger partial charge on any atom is -0.361 e. The third kappa shape index (κ3) is 5.13. The highest BCUT2D eigenvalue weighted by Gasteiger charge is 2.55. The number of halogens is 6. The molecule has 1 aromatic rings. The van der Waals surface area contributed by atoms with Crippen LogP contribution in [-0.2, 0) is 11.0 Å². The third-order valence-electron chi connectivity index (χ3n) is 5.40. The molecule has 1 aromatic carbocycles. The molecule has 0 aliphatic carbocycles. The number of carbonyl (C=O) groups is 1. The summed E-state index contributed by atoms with van der Waals surface area (Å²) in [5.74, 6) is -1.93. The van der Waals surface area contributed by atoms with E-state index in [9.17, 15) is 36.2 Å². The van der Waals surface area contributed by atoms with Crippen LogP contribution in [0.4, 0.5) is 26.3 Å². The number of hydrazine groups is 1. The maximum absolute atomic E-state index is 13.1. The lowest BCUT2D eigenvalue weighted by atomic mass is 9.81. The van der Waals surface area contributed by atoms with Crippen molar-refractivity contribution in [1.82, 2.24) is 21.1 Å². The van der Waals surface area contributed by atoms with Crippen LogP contribution in [0.2, 0.25) is 0 Å². The molecule has 6 nitrogen and oxygen atoms in total. The second-order valence-corrected chi connectivity index (χ2v) is 8.90. The van der Waals surface area contributed by atoms with Gasteiger partial charge in [-0.05, 0) is 23.1 Å². The molecule has 4 N–H and O–H groups in total. The lowest BCUT2D eigenvalue weighted by Gasteiger charge is -2.43. The first-order valence-electron chi connectivity index (χ1n) is 9.61. The number of carbonyl (C=O) groups excluding carboxylic acids is 1. The molecular formula is C19H24F6N4O2. The van der Waals surface area contributed by atoms with Gasteiger partial charge in [-0.2, -0.15) is 26.3 Å². The van der Waals surface area contributed by atoms with Gasteiger partial charge in [0.25, 0.3) is 0 Å². The van der Waals surface area contributed by atoms with E-state index < -0.39 is 66.2 Å². The van der Waals surface area contributed by atoms with E-state index in [2.05, 4.69) is 16.1 Å². The van der Waals surface area contributed by atoms with Gasteiger partial charge >= 0.3 is 12.4 Å². The lowest BCUT2D eigenvalue weighted by Crippen LogP contribution is -2.65. The summed E-state index contributed by atoms with van der Waals surface area (Å²) in [6, 6.07) is 2.32. The van der Waals surface area contributed by atoms with Crippen LogP contribution in [0.5, 0.6) is 0 Å². The average Bonchev–Trinajstić information content (AvgIpc) is 2.89. The van der Waals surface area contributed by atoms with Crippen LogP contribution in [0.3, 0.4) is 0 Å². The molecule has 2 heterocycles. The molecule has 2 saturated heterocycles. The molecule has 0 saturated carbocycles. The molecule has 0 spiro atoms. The third-order valence-corrected chi connectivity index (χ3v) is 5.40. The molecule has 5 atom stereocenters. The Morgan fingerprint density at radius 2 is 1.65 bits per heavy atom. The van der Waals surface area contributed by atoms with Crippen LogP contribution in [-0.4, -0.2) is 40.8 Å². The summed E-state index contributed by atoms with van der Waals surface area (Å²) >= 11 is 0. The molecule has 0 aromatic heterocycles. The topological polar surface area (TPSA) is 76.6 Å². The van der Waals surface area contributed by atoms with Crippen LogP contribution in [0.15, 0.2) is 24.3 Å². The molecule has 3 rings (SSSR count). The van der Waals surface area contributed by atoms with E-state index in [1.165, 1.54) is 17.1 Å². The normalized spacial score (nSPS) is 28.9. The summed E-state index contributed by atoms with van der Waals surface area (Å²) < 4.78 is 78.3. The standard InChI is InChI=1S/C19H24F6N4O2/c1-17(2,3)13(9-4-6-10(7-5-9)19(23,24)25)29-14-12(15(30)27-16(31)26-14)11(28-29)8-18(20,21)22/h4-7,11-14,16,26,28,31H,8H2,1-3H3,(H,27,30). The van der Waals surface area contributed by atoms with Gasteiger partial charge in [0.1, 0.15) is 0 Å². The zero-order valence-corrected chi connectivity index (χ0v) is 17.0. The van der Waals surface area contributed by atoms with E-state index >= 15 is 0 Å². The van der Waals surface area contributed by atoms with E-state index in [1.54, 1.807) is 20.8 Å². The number of aliphatic hydroxyl groups excluding tert-OH is 1. The van der Waals surface area contributed by atoms with Crippen molar-refractivity contribution in [1.29, 1.82) is 0 Å². The van der Waals surface area contributed by atoms with Crippen LogP contribution >= 0.6 is 0 Å². The van der Waals surface area contributed by atoms with E-state index in [1.807, 2.05) is 0 Å². The van der Waals surface area contributed by atoms with Gasteiger partial charge in [-0.1, -0.05) is 32.9 Å². The first-order chi connectivity index (χ1) is 14.1. The molecule has 1 amide bonds. The Kier molecular flexibility index (Phi) is 6.06. The van der Waals surface area contributed by atoms with Crippen molar-refractivity contribution in [2.45, 2.75) is 64.1 Å². The van der Waals surface area contributed by atoms with Crippen molar-refractivity contribution >= 4 is 5.91 Å². The highest BCUT2D eigenvalue weighted by atomic mass is 19.4. The van der Waals surface area contributed by atoms with Crippen molar-refractivity contribution in [3.63, 3.8) is 0 Å². The Morgan fingerprint density at radius 1 is 1.06 bits per heavy atom. The number of nitrogens with one attached hydrogen (secondary N) is 3. The average molecular weight is 454 g/mol. The highest BCUT2D eigenvalue weighted by molar-refractivity contribution is 5.81. The van der Waals surface area contributed by atoms with Gasteiger partial charge in [0.05, 0.1) is 30.1 Å². The minimum absolute atomic E-state index is 0.418. The highest BCUT2D eigenvalue weighted by Crippen LogP contribution is 2.44. The molecule has 0 bridgehead atoms. The van der Waals surface area contributed by atoms with Gasteiger partial charge in [0.15, 0.2) is 6.35 Å². The minimum atomic E-state index is -4.56. The fourth-order valence-electron chi connectivity index (χ4n) is 4.28. The van der Waals surface area contributed by atoms with Crippen molar-refractivity contribution in [3.05, 3.63) is 35.4 Å². The maximum Gasteiger partial charge on any atom is 0.416 e. The van der Waals surface area contributed by atoms with E-state index in [4.69, 9.17) is 0 Å². The Hall–Kier alpha value is -1.89. The SMILES string of the molecule is CC(C)(C)C(c1ccc(C(F)(F)F)cc1)N1NC(CC(F)(F)F)C2C(=O)NC(O)NC21. The molecular weight excluding hydrogens is 430 g/mol. The largest absolute Gasteiger partial charge is 0.416 e. The van der Waals surface area contributed by atoms with Gasteiger partial charge < -0.3 is 10.4 Å². The predicted octanol–water partition coefficient (Wildman–Crippen LogP) is 2.87. The summed E-state index contributed by atoms with van der Waals surface area (Å²) in [5, 5.41) is 16.2. The molecule has 31 heavy (non-hydrogen) atoms. The zero-order chi connectivity index (χ0) is 23.4. The molecule has 12 heteroatoms. The van der Waals surface area contributed by atoms with Gasteiger partial charge in [-0.15, -0.1) is 0 Å². The number of amides is 1. The number of nitrogens with zero attached hydrogens (tertiary/aromatic N) is 1. The van der Waals surface area contributed by atoms with Gasteiger partial charge in [0, 0.05) is 6.04 Å². The van der Waals surface area contributed by atoms with Crippen LogP contribution < -0.4 is 16.1 Å². The number of rotatable bonds is 3. The first kappa shape index (κ1) is 23.8. The number of hydrogen-bond donors (Lipinski definition) is 4. The van der Waals surface area contributed by atoms with Crippen molar-refractivity contribution in [2.24, 2.45) is 11.3 Å². The van der Waals surface area contributed by atoms with E-state index in [-0.39, 0.29) is 0 Å². The Morgan fingerprint density at radius 3 is 2.13 bits per heavy atom. The lowest BCUT2D eigenvalue weighted by molar-refractivity contribution is -0.147. The smallest absolute Gasteiger partial charge is 0.361 e. The fourth-order valence-corrected chi connectivity index (χ4v) is 4.28. The maximum atomic E-state index is 13.1. The van der Waals surface area contributed by atoms with Gasteiger partial charge in [-0.3, -0.25) is 10.1 Å². The number of alkyl halides is 6. The second kappa shape index (κ2) is 7.91. The Bertz CT molecular complexity index is 806. The number of fused-ring (bicyclic) bond motifs is 1. The first-order valence-corrected chi connectivity index (χ1v) is 9.61. The summed E-state index contributed by atoms with van der Waals surface area (Å²) in [6.45, 7) is 5.34. The van der Waals surface area contributed by atoms with Crippen molar-refractivity contribution in [2.75, 3.05) is 0 Å². The van der Waals surface area contributed by atoms with Crippen molar-refractivity contribution in [3.8, 4) is 0 Å². The quantitative estimate of drug-likeness (QED) is 0.529. The zero-order valence-electron chi connectivity index (χ0n) is 17.0. The predicted molar refractivity (Wildman–Crippen MR) is 97.6 cm³/mol. The summed E-state index contributed by atoms with van der Waals surface area (Å²) in [4.78, 5) is 12.4. The summed E-state index contributed by atoms with van der Waals surface area (Å²) in [7, 11) is 0. The molecule has 2 aliphatic heterocycles. The second-order valence-electron chi connectivity index (χ2n) is 8.90. The van der Waals surface area contributed by atoms with E-state index in [0.29, 0.717) is 5.56 Å². The Labute approximate surface area is 174 Å². The Balaban J connectivity index is 2.01. The molecule has 174 valence electrons. The van der Waals surface area contributed by atoms with E-state index in [0.717, 1.165) is 12.1 Å². The van der Waals surface area contributed by atoms with Gasteiger partial charge in [-0.25, -0.2) is 10.4 Å². The van der Waals surface area contributed by atoms with Crippen LogP contribution in [0.25, 0.3) is 0 Å². The fraction of sp³-hybridized carbons (Fsp3) is 0.632. The number of benzene rings is 1. The summed E-state index contributed by atoms with van der Waals surface area (Å²) in [5.41, 5.74) is 1.65. The van der Waals surface area contributed by atoms with Crippen LogP contribution in [0, 0.1) is 11.3 Å². The van der Waals surface area contributed by atoms with Crippen molar-refractivity contribution < 1.29 is 36.2 Å². The monoisotopic (exact) mass is 454 g/mol. The van der Waals surface area contributed by atoms with Crippen LogP contribution in [0.1, 0.15) is 44.4 Å². The summed E-state index contributed by atoms with van der Waals surface area (Å²) in [6.07, 6.45) is -12.9. The molecule has 5 unspecified atom stereocenters. The number of aliphatic hydroxyl groups is 1. The number of hydrogen-bond acceptors (Lipinski definition) is 5. The molecule has 2 fully saturated rings. The molecule has 2 aliphatic rings.